The van der Waals surface area contributed by atoms with Crippen LogP contribution in [0.3, 0.4) is 0 Å². The van der Waals surface area contributed by atoms with Crippen molar-refractivity contribution >= 4 is 5.91 Å². The van der Waals surface area contributed by atoms with Crippen molar-refractivity contribution in [1.82, 2.24) is 5.32 Å². The summed E-state index contributed by atoms with van der Waals surface area (Å²) in [6.45, 7) is 4.01. The summed E-state index contributed by atoms with van der Waals surface area (Å²) in [6.07, 6.45) is 4.77. The molecule has 0 heterocycles. The van der Waals surface area contributed by atoms with Crippen molar-refractivity contribution in [2.75, 3.05) is 0 Å². The second-order valence-corrected chi connectivity index (χ2v) is 4.77. The van der Waals surface area contributed by atoms with E-state index in [0.29, 0.717) is 6.04 Å². The molecule has 2 nitrogen and oxygen atoms in total. The van der Waals surface area contributed by atoms with Crippen LogP contribution in [0.5, 0.6) is 0 Å². The van der Waals surface area contributed by atoms with Crippen LogP contribution in [-0.2, 0) is 0 Å². The van der Waals surface area contributed by atoms with Crippen LogP contribution in [0.15, 0.2) is 18.2 Å². The Morgan fingerprint density at radius 1 is 1.25 bits per heavy atom. The summed E-state index contributed by atoms with van der Waals surface area (Å²) in [6, 6.07) is 6.42. The van der Waals surface area contributed by atoms with Gasteiger partial charge in [-0.3, -0.25) is 4.79 Å². The average molecular weight is 217 g/mol. The number of hydrogen-bond donors (Lipinski definition) is 1. The van der Waals surface area contributed by atoms with Crippen LogP contribution in [0.1, 0.15) is 47.2 Å². The van der Waals surface area contributed by atoms with Gasteiger partial charge < -0.3 is 5.32 Å². The smallest absolute Gasteiger partial charge is 0.251 e. The van der Waals surface area contributed by atoms with Gasteiger partial charge in [0.15, 0.2) is 0 Å². The van der Waals surface area contributed by atoms with E-state index in [1.54, 1.807) is 0 Å². The van der Waals surface area contributed by atoms with Crippen LogP contribution in [0, 0.1) is 13.8 Å². The zero-order valence-electron chi connectivity index (χ0n) is 10.0. The zero-order valence-corrected chi connectivity index (χ0v) is 10.0. The van der Waals surface area contributed by atoms with E-state index in [2.05, 4.69) is 5.32 Å². The molecule has 16 heavy (non-hydrogen) atoms. The van der Waals surface area contributed by atoms with Crippen molar-refractivity contribution < 1.29 is 4.79 Å². The van der Waals surface area contributed by atoms with Crippen LogP contribution in [-0.4, -0.2) is 11.9 Å². The molecule has 0 unspecified atom stereocenters. The fourth-order valence-electron chi connectivity index (χ4n) is 2.31. The van der Waals surface area contributed by atoms with Gasteiger partial charge in [0.25, 0.3) is 5.91 Å². The summed E-state index contributed by atoms with van der Waals surface area (Å²) in [5.74, 6) is 0.0908. The van der Waals surface area contributed by atoms with Crippen molar-refractivity contribution in [2.24, 2.45) is 0 Å². The summed E-state index contributed by atoms with van der Waals surface area (Å²) in [4.78, 5) is 12.1. The van der Waals surface area contributed by atoms with Crippen LogP contribution in [0.2, 0.25) is 0 Å². The third kappa shape index (κ3) is 2.43. The number of rotatable bonds is 2. The molecule has 0 aromatic heterocycles. The van der Waals surface area contributed by atoms with E-state index in [-0.39, 0.29) is 5.91 Å². The lowest BCUT2D eigenvalue weighted by molar-refractivity contribution is 0.0937. The summed E-state index contributed by atoms with van der Waals surface area (Å²) < 4.78 is 0. The van der Waals surface area contributed by atoms with Crippen molar-refractivity contribution in [3.63, 3.8) is 0 Å². The van der Waals surface area contributed by atoms with Gasteiger partial charge in [-0.2, -0.15) is 0 Å². The molecule has 1 saturated carbocycles. The Morgan fingerprint density at radius 3 is 2.62 bits per heavy atom. The van der Waals surface area contributed by atoms with Crippen molar-refractivity contribution in [1.29, 1.82) is 0 Å². The van der Waals surface area contributed by atoms with Crippen molar-refractivity contribution in [2.45, 2.75) is 45.6 Å². The van der Waals surface area contributed by atoms with E-state index in [4.69, 9.17) is 0 Å². The second-order valence-electron chi connectivity index (χ2n) is 4.77. The first-order chi connectivity index (χ1) is 7.66. The Balaban J connectivity index is 2.10. The van der Waals surface area contributed by atoms with Gasteiger partial charge in [-0.05, 0) is 38.3 Å². The molecular weight excluding hydrogens is 198 g/mol. The van der Waals surface area contributed by atoms with Gasteiger partial charge in [0, 0.05) is 11.6 Å². The maximum atomic E-state index is 12.1. The number of amides is 1. The van der Waals surface area contributed by atoms with Crippen LogP contribution in [0.4, 0.5) is 0 Å². The van der Waals surface area contributed by atoms with Gasteiger partial charge in [0.2, 0.25) is 0 Å². The maximum absolute atomic E-state index is 12.1. The third-order valence-corrected chi connectivity index (χ3v) is 3.33. The molecule has 0 atom stereocenters. The van der Waals surface area contributed by atoms with E-state index < -0.39 is 0 Å². The average Bonchev–Trinajstić information content (AvgIpc) is 2.74. The molecule has 1 aliphatic carbocycles. The minimum absolute atomic E-state index is 0.0908. The molecule has 1 aromatic carbocycles. The number of aryl methyl sites for hydroxylation is 2. The van der Waals surface area contributed by atoms with E-state index in [9.17, 15) is 4.79 Å². The highest BCUT2D eigenvalue weighted by atomic mass is 16.1. The summed E-state index contributed by atoms with van der Waals surface area (Å²) in [5.41, 5.74) is 3.02. The quantitative estimate of drug-likeness (QED) is 0.810. The largest absolute Gasteiger partial charge is 0.349 e. The highest BCUT2D eigenvalue weighted by Crippen LogP contribution is 2.19. The molecule has 86 valence electrons. The first-order valence-corrected chi connectivity index (χ1v) is 6.05. The highest BCUT2D eigenvalue weighted by molar-refractivity contribution is 5.96. The number of carbonyl (C=O) groups is 1. The molecule has 0 saturated heterocycles. The molecule has 1 fully saturated rings. The molecule has 1 aromatic rings. The molecule has 0 bridgehead atoms. The minimum atomic E-state index is 0.0908. The van der Waals surface area contributed by atoms with Crippen LogP contribution in [0.25, 0.3) is 0 Å². The van der Waals surface area contributed by atoms with Crippen LogP contribution < -0.4 is 5.32 Å². The molecule has 0 aliphatic heterocycles. The second kappa shape index (κ2) is 4.69. The topological polar surface area (TPSA) is 29.1 Å². The van der Waals surface area contributed by atoms with E-state index in [1.807, 2.05) is 32.0 Å². The van der Waals surface area contributed by atoms with Gasteiger partial charge in [0.05, 0.1) is 0 Å². The van der Waals surface area contributed by atoms with Gasteiger partial charge in [-0.25, -0.2) is 0 Å². The van der Waals surface area contributed by atoms with Crippen molar-refractivity contribution in [3.8, 4) is 0 Å². The lowest BCUT2D eigenvalue weighted by atomic mass is 10.0. The fourth-order valence-corrected chi connectivity index (χ4v) is 2.31. The molecule has 1 aliphatic rings. The van der Waals surface area contributed by atoms with Gasteiger partial charge in [-0.15, -0.1) is 0 Å². The SMILES string of the molecule is Cc1ccc(C)c(C(=O)NC2CCCC2)c1. The molecule has 0 radical (unpaired) electrons. The highest BCUT2D eigenvalue weighted by Gasteiger charge is 2.18. The van der Waals surface area contributed by atoms with Crippen molar-refractivity contribution in [3.05, 3.63) is 34.9 Å². The molecule has 1 amide bonds. The monoisotopic (exact) mass is 217 g/mol. The predicted molar refractivity (Wildman–Crippen MR) is 65.6 cm³/mol. The Bertz CT molecular complexity index is 392. The Morgan fingerprint density at radius 2 is 1.94 bits per heavy atom. The van der Waals surface area contributed by atoms with Crippen LogP contribution >= 0.6 is 0 Å². The summed E-state index contributed by atoms with van der Waals surface area (Å²) in [7, 11) is 0. The Kier molecular flexibility index (Phi) is 3.28. The number of benzene rings is 1. The van der Waals surface area contributed by atoms with Gasteiger partial charge >= 0.3 is 0 Å². The maximum Gasteiger partial charge on any atom is 0.251 e. The minimum Gasteiger partial charge on any atom is -0.349 e. The third-order valence-electron chi connectivity index (χ3n) is 3.33. The molecule has 0 spiro atoms. The lowest BCUT2D eigenvalue weighted by Crippen LogP contribution is -2.33. The fraction of sp³-hybridized carbons (Fsp3) is 0.500. The zero-order chi connectivity index (χ0) is 11.5. The first-order valence-electron chi connectivity index (χ1n) is 6.05. The summed E-state index contributed by atoms with van der Waals surface area (Å²) in [5, 5.41) is 3.12. The Labute approximate surface area is 97.1 Å². The van der Waals surface area contributed by atoms with E-state index in [1.165, 1.54) is 12.8 Å². The first kappa shape index (κ1) is 11.2. The summed E-state index contributed by atoms with van der Waals surface area (Å²) >= 11 is 0. The van der Waals surface area contributed by atoms with E-state index >= 15 is 0 Å². The molecular formula is C14H19NO. The number of hydrogen-bond acceptors (Lipinski definition) is 1. The lowest BCUT2D eigenvalue weighted by Gasteiger charge is -2.13. The Hall–Kier alpha value is -1.31. The predicted octanol–water partition coefficient (Wildman–Crippen LogP) is 2.98. The molecule has 1 N–H and O–H groups in total. The molecule has 2 heteroatoms. The number of carbonyl (C=O) groups excluding carboxylic acids is 1. The molecule has 2 rings (SSSR count). The number of nitrogens with one attached hydrogen (secondary N) is 1. The standard InChI is InChI=1S/C14H19NO/c1-10-7-8-11(2)13(9-10)14(16)15-12-5-3-4-6-12/h7-9,12H,3-6H2,1-2H3,(H,15,16). The van der Waals surface area contributed by atoms with Gasteiger partial charge in [0.1, 0.15) is 0 Å². The van der Waals surface area contributed by atoms with Gasteiger partial charge in [-0.1, -0.05) is 30.5 Å². The normalized spacial score (nSPS) is 16.4. The van der Waals surface area contributed by atoms with E-state index in [0.717, 1.165) is 29.5 Å².